The summed E-state index contributed by atoms with van der Waals surface area (Å²) in [5.74, 6) is 2.44. The van der Waals surface area contributed by atoms with Crippen LogP contribution in [0.15, 0.2) is 12.4 Å². The lowest BCUT2D eigenvalue weighted by atomic mass is 10.0. The highest BCUT2D eigenvalue weighted by Crippen LogP contribution is 2.27. The normalized spacial score (nSPS) is 17.8. The number of aromatic nitrogens is 4. The summed E-state index contributed by atoms with van der Waals surface area (Å²) in [7, 11) is 3.65. The van der Waals surface area contributed by atoms with Crippen molar-refractivity contribution < 1.29 is 4.74 Å². The second kappa shape index (κ2) is 6.12. The van der Waals surface area contributed by atoms with Crippen LogP contribution in [0.4, 0.5) is 0 Å². The molecule has 0 unspecified atom stereocenters. The average Bonchev–Trinajstić information content (AvgIpc) is 3.08. The molecule has 0 radical (unpaired) electrons. The Labute approximate surface area is 131 Å². The van der Waals surface area contributed by atoms with Crippen LogP contribution in [0.3, 0.4) is 0 Å². The number of rotatable bonds is 5. The molecule has 3 rings (SSSR count). The van der Waals surface area contributed by atoms with Crippen LogP contribution >= 0.6 is 0 Å². The molecule has 0 amide bonds. The summed E-state index contributed by atoms with van der Waals surface area (Å²) in [6.45, 7) is 6.11. The smallest absolute Gasteiger partial charge is 0.216 e. The molecule has 22 heavy (non-hydrogen) atoms. The van der Waals surface area contributed by atoms with E-state index in [1.54, 1.807) is 7.11 Å². The fraction of sp³-hybridized carbons (Fsp3) is 0.625. The number of nitrogens with zero attached hydrogens (tertiary/aromatic N) is 4. The first-order valence-corrected chi connectivity index (χ1v) is 7.93. The Morgan fingerprint density at radius 3 is 3.00 bits per heavy atom. The molecule has 1 aliphatic heterocycles. The van der Waals surface area contributed by atoms with Crippen molar-refractivity contribution in [1.82, 2.24) is 24.6 Å². The minimum atomic E-state index is 0.388. The van der Waals surface area contributed by atoms with Crippen molar-refractivity contribution in [2.45, 2.75) is 51.7 Å². The van der Waals surface area contributed by atoms with E-state index >= 15 is 0 Å². The molecule has 0 spiro atoms. The predicted octanol–water partition coefficient (Wildman–Crippen LogP) is 1.85. The lowest BCUT2D eigenvalue weighted by molar-refractivity contribution is 0.356. The Kier molecular flexibility index (Phi) is 4.20. The second-order valence-corrected chi connectivity index (χ2v) is 6.26. The zero-order valence-corrected chi connectivity index (χ0v) is 13.8. The van der Waals surface area contributed by atoms with Gasteiger partial charge in [0.05, 0.1) is 18.4 Å². The summed E-state index contributed by atoms with van der Waals surface area (Å²) in [6.07, 6.45) is 6.11. The van der Waals surface area contributed by atoms with E-state index in [-0.39, 0.29) is 0 Å². The van der Waals surface area contributed by atoms with Gasteiger partial charge in [0.25, 0.3) is 0 Å². The summed E-state index contributed by atoms with van der Waals surface area (Å²) in [6, 6.07) is 0.464. The van der Waals surface area contributed by atoms with E-state index in [2.05, 4.69) is 40.0 Å². The zero-order valence-electron chi connectivity index (χ0n) is 13.8. The third kappa shape index (κ3) is 2.75. The molecule has 1 N–H and O–H groups in total. The van der Waals surface area contributed by atoms with E-state index in [1.807, 2.05) is 17.9 Å². The van der Waals surface area contributed by atoms with Crippen molar-refractivity contribution in [3.63, 3.8) is 0 Å². The Hall–Kier alpha value is -1.82. The molecule has 0 bridgehead atoms. The molecule has 120 valence electrons. The van der Waals surface area contributed by atoms with Gasteiger partial charge in [-0.05, 0) is 12.3 Å². The third-order valence-electron chi connectivity index (χ3n) is 4.36. The molecule has 0 aliphatic carbocycles. The maximum absolute atomic E-state index is 5.54. The van der Waals surface area contributed by atoms with Gasteiger partial charge in [-0.3, -0.25) is 0 Å². The summed E-state index contributed by atoms with van der Waals surface area (Å²) < 4.78 is 9.61. The molecule has 1 aliphatic rings. The SMILES string of the molecule is COc1c(CN[C@H]2CCc3nccn3C2)c(C(C)C)nn1C. The molecule has 0 saturated carbocycles. The average molecular weight is 303 g/mol. The molecule has 3 heterocycles. The minimum Gasteiger partial charge on any atom is -0.481 e. The van der Waals surface area contributed by atoms with Gasteiger partial charge in [0.1, 0.15) is 5.82 Å². The van der Waals surface area contributed by atoms with E-state index in [4.69, 9.17) is 4.74 Å². The summed E-state index contributed by atoms with van der Waals surface area (Å²) in [5, 5.41) is 8.28. The van der Waals surface area contributed by atoms with E-state index < -0.39 is 0 Å². The van der Waals surface area contributed by atoms with Gasteiger partial charge >= 0.3 is 0 Å². The lowest BCUT2D eigenvalue weighted by Crippen LogP contribution is -2.37. The molecule has 0 aromatic carbocycles. The van der Waals surface area contributed by atoms with Gasteiger partial charge in [-0.15, -0.1) is 0 Å². The van der Waals surface area contributed by atoms with Crippen molar-refractivity contribution in [2.24, 2.45) is 7.05 Å². The van der Waals surface area contributed by atoms with Gasteiger partial charge in [0.2, 0.25) is 5.88 Å². The van der Waals surface area contributed by atoms with Crippen LogP contribution < -0.4 is 10.1 Å². The Morgan fingerprint density at radius 1 is 1.45 bits per heavy atom. The van der Waals surface area contributed by atoms with E-state index in [0.29, 0.717) is 12.0 Å². The molecule has 6 heteroatoms. The van der Waals surface area contributed by atoms with Gasteiger partial charge in [0.15, 0.2) is 0 Å². The van der Waals surface area contributed by atoms with Crippen molar-refractivity contribution in [1.29, 1.82) is 0 Å². The van der Waals surface area contributed by atoms with Crippen molar-refractivity contribution in [3.8, 4) is 5.88 Å². The highest BCUT2D eigenvalue weighted by Gasteiger charge is 2.22. The maximum atomic E-state index is 5.54. The first-order valence-electron chi connectivity index (χ1n) is 7.93. The number of ether oxygens (including phenoxy) is 1. The Morgan fingerprint density at radius 2 is 2.27 bits per heavy atom. The number of hydrogen-bond donors (Lipinski definition) is 1. The summed E-state index contributed by atoms with van der Waals surface area (Å²) >= 11 is 0. The van der Waals surface area contributed by atoms with Crippen LogP contribution in [0.1, 0.15) is 43.3 Å². The molecule has 0 saturated heterocycles. The van der Waals surface area contributed by atoms with Gasteiger partial charge in [-0.25, -0.2) is 9.67 Å². The number of imidazole rings is 1. The van der Waals surface area contributed by atoms with Gasteiger partial charge < -0.3 is 14.6 Å². The Bertz CT molecular complexity index is 643. The van der Waals surface area contributed by atoms with Crippen LogP contribution in [0.5, 0.6) is 5.88 Å². The monoisotopic (exact) mass is 303 g/mol. The topological polar surface area (TPSA) is 56.9 Å². The fourth-order valence-electron chi connectivity index (χ4n) is 3.24. The molecule has 1 atom stereocenters. The first-order chi connectivity index (χ1) is 10.6. The third-order valence-corrected chi connectivity index (χ3v) is 4.36. The summed E-state index contributed by atoms with van der Waals surface area (Å²) in [4.78, 5) is 4.38. The minimum absolute atomic E-state index is 0.388. The molecule has 2 aromatic rings. The maximum Gasteiger partial charge on any atom is 0.216 e. The number of fused-ring (bicyclic) bond motifs is 1. The number of methoxy groups -OCH3 is 1. The second-order valence-electron chi connectivity index (χ2n) is 6.26. The van der Waals surface area contributed by atoms with Crippen molar-refractivity contribution in [3.05, 3.63) is 29.5 Å². The van der Waals surface area contributed by atoms with Gasteiger partial charge in [0, 0.05) is 45.0 Å². The number of aryl methyl sites for hydroxylation is 2. The van der Waals surface area contributed by atoms with Crippen molar-refractivity contribution in [2.75, 3.05) is 7.11 Å². The van der Waals surface area contributed by atoms with Crippen LogP contribution in [-0.4, -0.2) is 32.5 Å². The first kappa shape index (κ1) is 15.1. The zero-order chi connectivity index (χ0) is 15.7. The van der Waals surface area contributed by atoms with Gasteiger partial charge in [-0.1, -0.05) is 13.8 Å². The standard InChI is InChI=1S/C16H25N5O/c1-11(2)15-13(16(22-4)20(3)19-15)9-18-12-5-6-14-17-7-8-21(14)10-12/h7-8,11-12,18H,5-6,9-10H2,1-4H3/t12-/m0/s1. The van der Waals surface area contributed by atoms with E-state index in [1.165, 1.54) is 11.4 Å². The number of hydrogen-bond acceptors (Lipinski definition) is 4. The van der Waals surface area contributed by atoms with E-state index in [9.17, 15) is 0 Å². The van der Waals surface area contributed by atoms with Gasteiger partial charge in [-0.2, -0.15) is 5.10 Å². The molecular weight excluding hydrogens is 278 g/mol. The van der Waals surface area contributed by atoms with Crippen molar-refractivity contribution >= 4 is 0 Å². The number of nitrogens with one attached hydrogen (secondary N) is 1. The van der Waals surface area contributed by atoms with Crippen LogP contribution in [0.2, 0.25) is 0 Å². The van der Waals surface area contributed by atoms with Crippen LogP contribution in [0.25, 0.3) is 0 Å². The molecule has 2 aromatic heterocycles. The van der Waals surface area contributed by atoms with Crippen LogP contribution in [0, 0.1) is 0 Å². The Balaban J connectivity index is 1.72. The van der Waals surface area contributed by atoms with Crippen LogP contribution in [-0.2, 0) is 26.6 Å². The molecule has 6 nitrogen and oxygen atoms in total. The summed E-state index contributed by atoms with van der Waals surface area (Å²) in [5.41, 5.74) is 2.29. The lowest BCUT2D eigenvalue weighted by Gasteiger charge is -2.25. The highest BCUT2D eigenvalue weighted by molar-refractivity contribution is 5.33. The molecular formula is C16H25N5O. The predicted molar refractivity (Wildman–Crippen MR) is 85.0 cm³/mol. The molecule has 0 fully saturated rings. The fourth-order valence-corrected chi connectivity index (χ4v) is 3.24. The quantitative estimate of drug-likeness (QED) is 0.916. The van der Waals surface area contributed by atoms with E-state index in [0.717, 1.165) is 37.5 Å². The highest BCUT2D eigenvalue weighted by atomic mass is 16.5. The largest absolute Gasteiger partial charge is 0.481 e.